The number of likely N-dealkylation sites (tertiary alicyclic amines) is 1. The Kier molecular flexibility index (Phi) is 9.72. The number of unbranched alkanes of at least 4 members (excludes halogenated alkanes) is 1. The number of anilines is 2. The highest BCUT2D eigenvalue weighted by molar-refractivity contribution is 7.90. The average molecular weight is 568 g/mol. The number of benzene rings is 2. The van der Waals surface area contributed by atoms with Crippen molar-refractivity contribution in [2.75, 3.05) is 29.1 Å². The van der Waals surface area contributed by atoms with E-state index in [1.54, 1.807) is 36.1 Å². The first kappa shape index (κ1) is 30.3. The zero-order valence-corrected chi connectivity index (χ0v) is 25.5. The topological polar surface area (TPSA) is 78.0 Å². The van der Waals surface area contributed by atoms with Gasteiger partial charge in [0.2, 0.25) is 11.8 Å². The third-order valence-electron chi connectivity index (χ3n) is 8.45. The van der Waals surface area contributed by atoms with E-state index in [0.717, 1.165) is 74.0 Å². The smallest absolute Gasteiger partial charge is 0.244 e. The maximum absolute atomic E-state index is 14.4. The quantitative estimate of drug-likeness (QED) is 0.368. The van der Waals surface area contributed by atoms with Crippen molar-refractivity contribution in [1.82, 2.24) is 4.90 Å². The van der Waals surface area contributed by atoms with Gasteiger partial charge in [-0.2, -0.15) is 0 Å². The standard InChI is InChI=1S/C32H45N3O4S/c1-6-8-12-27(11-7-2)33-20-10-9-13-30(33)32(37)34-22-23(3)35(24(4)36)29-19-16-26(21-31(29)34)25-14-17-28(18-15-25)40(5,38)39/h14-19,21,23,27,30H,6-13,20,22H2,1-5H3. The molecule has 0 aliphatic carbocycles. The summed E-state index contributed by atoms with van der Waals surface area (Å²) in [6, 6.07) is 12.8. The lowest BCUT2D eigenvalue weighted by Gasteiger charge is -2.46. The summed E-state index contributed by atoms with van der Waals surface area (Å²) in [5, 5.41) is 0. The molecular formula is C32H45N3O4S. The molecule has 40 heavy (non-hydrogen) atoms. The summed E-state index contributed by atoms with van der Waals surface area (Å²) in [6.45, 7) is 9.42. The second kappa shape index (κ2) is 12.9. The Morgan fingerprint density at radius 2 is 1.65 bits per heavy atom. The van der Waals surface area contributed by atoms with Crippen LogP contribution in [0.1, 0.15) is 79.1 Å². The Bertz CT molecular complexity index is 1310. The van der Waals surface area contributed by atoms with E-state index in [1.165, 1.54) is 12.7 Å². The zero-order valence-electron chi connectivity index (χ0n) is 24.7. The van der Waals surface area contributed by atoms with Crippen molar-refractivity contribution in [1.29, 1.82) is 0 Å². The minimum atomic E-state index is -3.30. The first-order valence-electron chi connectivity index (χ1n) is 14.9. The molecule has 1 saturated heterocycles. The number of fused-ring (bicyclic) bond motifs is 1. The number of carbonyl (C=O) groups is 2. The second-order valence-corrected chi connectivity index (χ2v) is 13.5. The zero-order chi connectivity index (χ0) is 29.0. The molecule has 0 bridgehead atoms. The predicted molar refractivity (Wildman–Crippen MR) is 163 cm³/mol. The first-order valence-corrected chi connectivity index (χ1v) is 16.8. The maximum atomic E-state index is 14.4. The van der Waals surface area contributed by atoms with Crippen molar-refractivity contribution in [3.8, 4) is 11.1 Å². The van der Waals surface area contributed by atoms with Crippen molar-refractivity contribution in [2.24, 2.45) is 0 Å². The molecule has 2 aliphatic heterocycles. The van der Waals surface area contributed by atoms with E-state index in [9.17, 15) is 18.0 Å². The van der Waals surface area contributed by atoms with Gasteiger partial charge in [0.25, 0.3) is 0 Å². The lowest BCUT2D eigenvalue weighted by Crippen LogP contribution is -2.58. The number of hydrogen-bond acceptors (Lipinski definition) is 5. The summed E-state index contributed by atoms with van der Waals surface area (Å²) in [7, 11) is -3.30. The fraction of sp³-hybridized carbons (Fsp3) is 0.562. The normalized spacial score (nSPS) is 20.7. The predicted octanol–water partition coefficient (Wildman–Crippen LogP) is 6.06. The van der Waals surface area contributed by atoms with Crippen molar-refractivity contribution >= 4 is 33.0 Å². The molecule has 0 N–H and O–H groups in total. The van der Waals surface area contributed by atoms with Crippen molar-refractivity contribution in [3.05, 3.63) is 42.5 Å². The number of hydrogen-bond donors (Lipinski definition) is 0. The molecule has 3 atom stereocenters. The molecule has 0 radical (unpaired) electrons. The summed E-state index contributed by atoms with van der Waals surface area (Å²) in [4.78, 5) is 33.6. The molecule has 2 aromatic rings. The van der Waals surface area contributed by atoms with Gasteiger partial charge in [-0.25, -0.2) is 8.42 Å². The number of rotatable bonds is 9. The van der Waals surface area contributed by atoms with Crippen molar-refractivity contribution in [3.63, 3.8) is 0 Å². The van der Waals surface area contributed by atoms with Crippen LogP contribution >= 0.6 is 0 Å². The minimum absolute atomic E-state index is 0.0482. The molecule has 2 aliphatic rings. The van der Waals surface area contributed by atoms with Gasteiger partial charge in [0.1, 0.15) is 0 Å². The summed E-state index contributed by atoms with van der Waals surface area (Å²) < 4.78 is 23.9. The van der Waals surface area contributed by atoms with Gasteiger partial charge in [-0.05, 0) is 74.5 Å². The van der Waals surface area contributed by atoms with Crippen LogP contribution < -0.4 is 9.80 Å². The van der Waals surface area contributed by atoms with E-state index < -0.39 is 9.84 Å². The van der Waals surface area contributed by atoms with E-state index >= 15 is 0 Å². The molecule has 8 heteroatoms. The van der Waals surface area contributed by atoms with E-state index in [4.69, 9.17) is 0 Å². The summed E-state index contributed by atoms with van der Waals surface area (Å²) in [5.74, 6) is 0.0751. The Balaban J connectivity index is 1.73. The molecular weight excluding hydrogens is 522 g/mol. The Morgan fingerprint density at radius 3 is 2.27 bits per heavy atom. The highest BCUT2D eigenvalue weighted by atomic mass is 32.2. The van der Waals surface area contributed by atoms with Crippen molar-refractivity contribution in [2.45, 2.75) is 102 Å². The molecule has 3 unspecified atom stereocenters. The summed E-state index contributed by atoms with van der Waals surface area (Å²) in [6.07, 6.45) is 9.86. The number of sulfone groups is 1. The van der Waals surface area contributed by atoms with Gasteiger partial charge >= 0.3 is 0 Å². The molecule has 2 amide bonds. The minimum Gasteiger partial charge on any atom is -0.307 e. The largest absolute Gasteiger partial charge is 0.307 e. The van der Waals surface area contributed by atoms with Crippen LogP contribution in [-0.2, 0) is 19.4 Å². The van der Waals surface area contributed by atoms with Crippen LogP contribution in [0.5, 0.6) is 0 Å². The van der Waals surface area contributed by atoms with Gasteiger partial charge in [-0.3, -0.25) is 14.5 Å². The molecule has 7 nitrogen and oxygen atoms in total. The maximum Gasteiger partial charge on any atom is 0.244 e. The van der Waals surface area contributed by atoms with Gasteiger partial charge in [0, 0.05) is 25.8 Å². The Labute approximate surface area is 240 Å². The van der Waals surface area contributed by atoms with Crippen LogP contribution in [0.4, 0.5) is 11.4 Å². The summed E-state index contributed by atoms with van der Waals surface area (Å²) >= 11 is 0. The van der Waals surface area contributed by atoms with Gasteiger partial charge in [0.15, 0.2) is 9.84 Å². The molecule has 0 aromatic heterocycles. The van der Waals surface area contributed by atoms with Gasteiger partial charge in [-0.1, -0.05) is 57.7 Å². The molecule has 2 heterocycles. The number of nitrogens with zero attached hydrogens (tertiary/aromatic N) is 3. The van der Waals surface area contributed by atoms with Crippen LogP contribution in [-0.4, -0.2) is 62.6 Å². The lowest BCUT2D eigenvalue weighted by atomic mass is 9.93. The second-order valence-electron chi connectivity index (χ2n) is 11.5. The highest BCUT2D eigenvalue weighted by Gasteiger charge is 2.40. The van der Waals surface area contributed by atoms with E-state index in [-0.39, 0.29) is 28.8 Å². The molecule has 0 spiro atoms. The van der Waals surface area contributed by atoms with Crippen LogP contribution in [0.25, 0.3) is 11.1 Å². The van der Waals surface area contributed by atoms with Gasteiger partial charge < -0.3 is 9.80 Å². The fourth-order valence-corrected chi connectivity index (χ4v) is 7.10. The van der Waals surface area contributed by atoms with E-state index in [0.29, 0.717) is 12.6 Å². The highest BCUT2D eigenvalue weighted by Crippen LogP contribution is 2.40. The SMILES string of the molecule is CCCCC(CCC)N1CCCCC1C(=O)N1CC(C)N(C(C)=O)c2ccc(-c3ccc(S(C)(=O)=O)cc3)cc21. The van der Waals surface area contributed by atoms with Gasteiger partial charge in [0.05, 0.1) is 28.4 Å². The fourth-order valence-electron chi connectivity index (χ4n) is 6.47. The third-order valence-corrected chi connectivity index (χ3v) is 9.57. The van der Waals surface area contributed by atoms with E-state index in [2.05, 4.69) is 18.7 Å². The molecule has 218 valence electrons. The number of amides is 2. The van der Waals surface area contributed by atoms with Crippen LogP contribution in [0.2, 0.25) is 0 Å². The van der Waals surface area contributed by atoms with Gasteiger partial charge in [-0.15, -0.1) is 0 Å². The Morgan fingerprint density at radius 1 is 0.950 bits per heavy atom. The number of piperidine rings is 1. The summed E-state index contributed by atoms with van der Waals surface area (Å²) in [5.41, 5.74) is 3.23. The monoisotopic (exact) mass is 567 g/mol. The molecule has 0 saturated carbocycles. The molecule has 4 rings (SSSR count). The lowest BCUT2D eigenvalue weighted by molar-refractivity contribution is -0.126. The van der Waals surface area contributed by atoms with Crippen LogP contribution in [0.3, 0.4) is 0 Å². The van der Waals surface area contributed by atoms with Crippen LogP contribution in [0, 0.1) is 0 Å². The van der Waals surface area contributed by atoms with Crippen LogP contribution in [0.15, 0.2) is 47.4 Å². The first-order chi connectivity index (χ1) is 19.1. The van der Waals surface area contributed by atoms with Crippen molar-refractivity contribution < 1.29 is 18.0 Å². The molecule has 1 fully saturated rings. The number of carbonyl (C=O) groups excluding carboxylic acids is 2. The average Bonchev–Trinajstić information content (AvgIpc) is 2.93. The Hall–Kier alpha value is -2.71. The van der Waals surface area contributed by atoms with E-state index in [1.807, 2.05) is 30.0 Å². The molecule has 2 aromatic carbocycles. The third kappa shape index (κ3) is 6.44.